The van der Waals surface area contributed by atoms with E-state index in [1.807, 2.05) is 6.92 Å². The molecule has 0 radical (unpaired) electrons. The third kappa shape index (κ3) is 4.86. The molecule has 1 aromatic carbocycles. The molecule has 0 aliphatic rings. The van der Waals surface area contributed by atoms with E-state index >= 15 is 0 Å². The standard InChI is InChI=1S/C14H24N2O3S/c1-10(2)14(9-19-4)16-11(3)12-5-7-13(8-6-12)20(15,17)18/h5-8,10-11,14,16H,9H2,1-4H3,(H2,15,17,18). The van der Waals surface area contributed by atoms with Crippen molar-refractivity contribution in [3.63, 3.8) is 0 Å². The van der Waals surface area contributed by atoms with E-state index < -0.39 is 10.0 Å². The van der Waals surface area contributed by atoms with Crippen molar-refractivity contribution >= 4 is 10.0 Å². The van der Waals surface area contributed by atoms with Gasteiger partial charge in [0.25, 0.3) is 0 Å². The smallest absolute Gasteiger partial charge is 0.238 e. The Hall–Kier alpha value is -0.950. The predicted molar refractivity (Wildman–Crippen MR) is 79.9 cm³/mol. The Kier molecular flexibility index (Phi) is 6.13. The Morgan fingerprint density at radius 2 is 1.75 bits per heavy atom. The number of hydrogen-bond acceptors (Lipinski definition) is 4. The zero-order chi connectivity index (χ0) is 15.3. The highest BCUT2D eigenvalue weighted by Crippen LogP contribution is 2.17. The van der Waals surface area contributed by atoms with Gasteiger partial charge in [0.15, 0.2) is 0 Å². The zero-order valence-corrected chi connectivity index (χ0v) is 13.3. The average Bonchev–Trinajstić information content (AvgIpc) is 2.37. The molecule has 0 aromatic heterocycles. The highest BCUT2D eigenvalue weighted by Gasteiger charge is 2.17. The number of methoxy groups -OCH3 is 1. The number of primary sulfonamides is 1. The zero-order valence-electron chi connectivity index (χ0n) is 12.5. The Labute approximate surface area is 121 Å². The molecule has 0 bridgehead atoms. The summed E-state index contributed by atoms with van der Waals surface area (Å²) in [5.41, 5.74) is 1.01. The lowest BCUT2D eigenvalue weighted by atomic mass is 10.0. The number of hydrogen-bond donors (Lipinski definition) is 2. The molecule has 0 amide bonds. The number of nitrogens with two attached hydrogens (primary N) is 1. The fourth-order valence-corrected chi connectivity index (χ4v) is 2.49. The van der Waals surface area contributed by atoms with Gasteiger partial charge in [-0.2, -0.15) is 0 Å². The summed E-state index contributed by atoms with van der Waals surface area (Å²) in [5.74, 6) is 0.445. The topological polar surface area (TPSA) is 81.4 Å². The maximum atomic E-state index is 11.2. The summed E-state index contributed by atoms with van der Waals surface area (Å²) < 4.78 is 27.6. The summed E-state index contributed by atoms with van der Waals surface area (Å²) in [7, 11) is -1.95. The molecule has 114 valence electrons. The van der Waals surface area contributed by atoms with Gasteiger partial charge in [0.2, 0.25) is 10.0 Å². The van der Waals surface area contributed by atoms with Crippen molar-refractivity contribution in [1.82, 2.24) is 5.32 Å². The second kappa shape index (κ2) is 7.17. The van der Waals surface area contributed by atoms with Gasteiger partial charge in [0, 0.05) is 19.2 Å². The first kappa shape index (κ1) is 17.1. The number of ether oxygens (including phenoxy) is 1. The van der Waals surface area contributed by atoms with Crippen LogP contribution >= 0.6 is 0 Å². The van der Waals surface area contributed by atoms with E-state index in [4.69, 9.17) is 9.88 Å². The first-order chi connectivity index (χ1) is 9.25. The fraction of sp³-hybridized carbons (Fsp3) is 0.571. The largest absolute Gasteiger partial charge is 0.383 e. The van der Waals surface area contributed by atoms with Gasteiger partial charge in [-0.1, -0.05) is 26.0 Å². The van der Waals surface area contributed by atoms with Gasteiger partial charge in [-0.25, -0.2) is 13.6 Å². The normalized spacial score (nSPS) is 15.3. The maximum Gasteiger partial charge on any atom is 0.238 e. The summed E-state index contributed by atoms with van der Waals surface area (Å²) >= 11 is 0. The Bertz CT molecular complexity index is 512. The summed E-state index contributed by atoms with van der Waals surface area (Å²) in [6, 6.07) is 6.97. The van der Waals surface area contributed by atoms with Crippen LogP contribution in [0, 0.1) is 5.92 Å². The molecule has 0 fully saturated rings. The van der Waals surface area contributed by atoms with Crippen molar-refractivity contribution in [2.45, 2.75) is 37.8 Å². The van der Waals surface area contributed by atoms with Crippen LogP contribution in [-0.2, 0) is 14.8 Å². The van der Waals surface area contributed by atoms with Crippen LogP contribution in [-0.4, -0.2) is 28.2 Å². The van der Waals surface area contributed by atoms with Crippen LogP contribution in [0.1, 0.15) is 32.4 Å². The molecular weight excluding hydrogens is 276 g/mol. The van der Waals surface area contributed by atoms with Gasteiger partial charge in [-0.3, -0.25) is 0 Å². The van der Waals surface area contributed by atoms with Crippen LogP contribution in [0.5, 0.6) is 0 Å². The summed E-state index contributed by atoms with van der Waals surface area (Å²) in [5, 5.41) is 8.57. The van der Waals surface area contributed by atoms with E-state index in [2.05, 4.69) is 19.2 Å². The first-order valence-electron chi connectivity index (χ1n) is 6.63. The van der Waals surface area contributed by atoms with Crippen molar-refractivity contribution in [2.24, 2.45) is 11.1 Å². The van der Waals surface area contributed by atoms with E-state index in [0.717, 1.165) is 5.56 Å². The average molecular weight is 300 g/mol. The molecule has 20 heavy (non-hydrogen) atoms. The molecule has 0 saturated heterocycles. The Morgan fingerprint density at radius 3 is 2.15 bits per heavy atom. The van der Waals surface area contributed by atoms with Crippen molar-refractivity contribution in [3.8, 4) is 0 Å². The molecular formula is C14H24N2O3S. The molecule has 6 heteroatoms. The molecule has 1 aromatic rings. The lowest BCUT2D eigenvalue weighted by Gasteiger charge is -2.26. The van der Waals surface area contributed by atoms with E-state index in [1.165, 1.54) is 12.1 Å². The number of nitrogens with one attached hydrogen (secondary N) is 1. The maximum absolute atomic E-state index is 11.2. The van der Waals surface area contributed by atoms with Gasteiger partial charge in [0.1, 0.15) is 0 Å². The monoisotopic (exact) mass is 300 g/mol. The van der Waals surface area contributed by atoms with Crippen LogP contribution in [0.25, 0.3) is 0 Å². The quantitative estimate of drug-likeness (QED) is 0.802. The molecule has 0 heterocycles. The minimum atomic E-state index is -3.63. The third-order valence-corrected chi connectivity index (χ3v) is 4.25. The van der Waals surface area contributed by atoms with Crippen LogP contribution in [0.15, 0.2) is 29.2 Å². The first-order valence-corrected chi connectivity index (χ1v) is 8.18. The van der Waals surface area contributed by atoms with Crippen LogP contribution in [0.3, 0.4) is 0 Å². The van der Waals surface area contributed by atoms with Crippen LogP contribution in [0.2, 0.25) is 0 Å². The van der Waals surface area contributed by atoms with Gasteiger partial charge < -0.3 is 10.1 Å². The molecule has 0 saturated carbocycles. The fourth-order valence-electron chi connectivity index (χ4n) is 1.98. The second-order valence-electron chi connectivity index (χ2n) is 5.31. The van der Waals surface area contributed by atoms with Crippen molar-refractivity contribution in [1.29, 1.82) is 0 Å². The number of rotatable bonds is 7. The summed E-state index contributed by atoms with van der Waals surface area (Å²) in [4.78, 5) is 0.130. The van der Waals surface area contributed by atoms with Crippen LogP contribution in [0.4, 0.5) is 0 Å². The lowest BCUT2D eigenvalue weighted by Crippen LogP contribution is -2.39. The van der Waals surface area contributed by atoms with E-state index in [9.17, 15) is 8.42 Å². The highest BCUT2D eigenvalue weighted by molar-refractivity contribution is 7.89. The SMILES string of the molecule is COCC(NC(C)c1ccc(S(N)(=O)=O)cc1)C(C)C. The Morgan fingerprint density at radius 1 is 1.20 bits per heavy atom. The number of sulfonamides is 1. The van der Waals surface area contributed by atoms with Gasteiger partial charge in [-0.05, 0) is 30.5 Å². The van der Waals surface area contributed by atoms with E-state index in [0.29, 0.717) is 12.5 Å². The lowest BCUT2D eigenvalue weighted by molar-refractivity contribution is 0.141. The minimum Gasteiger partial charge on any atom is -0.383 e. The molecule has 2 atom stereocenters. The third-order valence-electron chi connectivity index (χ3n) is 3.32. The van der Waals surface area contributed by atoms with Gasteiger partial charge >= 0.3 is 0 Å². The molecule has 1 rings (SSSR count). The molecule has 2 unspecified atom stereocenters. The van der Waals surface area contributed by atoms with E-state index in [-0.39, 0.29) is 17.0 Å². The van der Waals surface area contributed by atoms with E-state index in [1.54, 1.807) is 19.2 Å². The van der Waals surface area contributed by atoms with Crippen molar-refractivity contribution < 1.29 is 13.2 Å². The summed E-state index contributed by atoms with van der Waals surface area (Å²) in [6.45, 7) is 6.94. The van der Waals surface area contributed by atoms with Gasteiger partial charge in [0.05, 0.1) is 11.5 Å². The molecule has 0 spiro atoms. The van der Waals surface area contributed by atoms with Crippen molar-refractivity contribution in [3.05, 3.63) is 29.8 Å². The second-order valence-corrected chi connectivity index (χ2v) is 6.87. The molecule has 0 aliphatic heterocycles. The van der Waals surface area contributed by atoms with Crippen molar-refractivity contribution in [2.75, 3.05) is 13.7 Å². The highest BCUT2D eigenvalue weighted by atomic mass is 32.2. The molecule has 0 aliphatic carbocycles. The summed E-state index contributed by atoms with van der Waals surface area (Å²) in [6.07, 6.45) is 0. The minimum absolute atomic E-state index is 0.104. The Balaban J connectivity index is 2.79. The molecule has 3 N–H and O–H groups in total. The number of benzene rings is 1. The predicted octanol–water partition coefficient (Wildman–Crippen LogP) is 1.66. The van der Waals surface area contributed by atoms with Gasteiger partial charge in [-0.15, -0.1) is 0 Å². The van der Waals surface area contributed by atoms with Crippen LogP contribution < -0.4 is 10.5 Å². The molecule has 5 nitrogen and oxygen atoms in total.